The summed E-state index contributed by atoms with van der Waals surface area (Å²) in [7, 11) is 0. The van der Waals surface area contributed by atoms with Gasteiger partial charge in [0.2, 0.25) is 0 Å². The highest BCUT2D eigenvalue weighted by atomic mass is 79.9. The third-order valence-corrected chi connectivity index (χ3v) is 5.30. The number of nitrogens with one attached hydrogen (secondary N) is 1. The Morgan fingerprint density at radius 2 is 1.80 bits per heavy atom. The summed E-state index contributed by atoms with van der Waals surface area (Å²) in [6, 6.07) is 16.4. The lowest BCUT2D eigenvalue weighted by Gasteiger charge is -2.35. The summed E-state index contributed by atoms with van der Waals surface area (Å²) in [4.78, 5) is 20.6. The van der Waals surface area contributed by atoms with Crippen LogP contribution in [0.5, 0.6) is 0 Å². The summed E-state index contributed by atoms with van der Waals surface area (Å²) in [5.41, 5.74) is 3.04. The molecule has 0 saturated carbocycles. The number of carbonyl (C=O) groups is 1. The van der Waals surface area contributed by atoms with Crippen LogP contribution in [0.3, 0.4) is 0 Å². The van der Waals surface area contributed by atoms with E-state index in [2.05, 4.69) is 55.0 Å². The maximum atomic E-state index is 12.8. The van der Waals surface area contributed by atoms with Crippen LogP contribution in [0, 0.1) is 0 Å². The molecule has 0 unspecified atom stereocenters. The van der Waals surface area contributed by atoms with Crippen molar-refractivity contribution in [3.8, 4) is 0 Å². The molecule has 0 amide bonds. The zero-order chi connectivity index (χ0) is 17.2. The van der Waals surface area contributed by atoms with Crippen LogP contribution in [0.25, 0.3) is 10.9 Å². The highest BCUT2D eigenvalue weighted by molar-refractivity contribution is 9.10. The number of rotatable bonds is 4. The second-order valence-electron chi connectivity index (χ2n) is 6.41. The second kappa shape index (κ2) is 7.02. The number of aromatic amines is 1. The van der Waals surface area contributed by atoms with E-state index in [4.69, 9.17) is 0 Å². The number of H-pyrrole nitrogens is 1. The molecule has 1 saturated heterocycles. The van der Waals surface area contributed by atoms with E-state index in [0.29, 0.717) is 6.54 Å². The molecule has 1 aromatic heterocycles. The Balaban J connectivity index is 1.41. The first-order valence-corrected chi connectivity index (χ1v) is 9.32. The predicted octanol–water partition coefficient (Wildman–Crippen LogP) is 3.94. The first kappa shape index (κ1) is 16.4. The summed E-state index contributed by atoms with van der Waals surface area (Å²) in [6.45, 7) is 4.20. The van der Waals surface area contributed by atoms with Crippen molar-refractivity contribution < 1.29 is 4.79 Å². The molecule has 1 fully saturated rings. The molecule has 0 bridgehead atoms. The number of piperazine rings is 1. The number of carbonyl (C=O) groups excluding carboxylic acids is 1. The number of benzene rings is 2. The standard InChI is InChI=1S/C20H20BrN3O/c21-15-6-7-19-17(12-15)18(13-22-19)20(25)14-23-8-10-24(11-9-23)16-4-2-1-3-5-16/h1-7,12-13,22H,8-11,14H2. The fraction of sp³-hybridized carbons (Fsp3) is 0.250. The second-order valence-corrected chi connectivity index (χ2v) is 7.33. The number of Topliss-reactive ketones (excluding diaryl/α,β-unsaturated/α-hetero) is 1. The zero-order valence-corrected chi connectivity index (χ0v) is 15.5. The smallest absolute Gasteiger partial charge is 0.178 e. The number of aromatic nitrogens is 1. The molecule has 0 atom stereocenters. The number of halogens is 1. The van der Waals surface area contributed by atoms with Gasteiger partial charge in [-0.25, -0.2) is 0 Å². The first-order chi connectivity index (χ1) is 12.2. The van der Waals surface area contributed by atoms with Crippen LogP contribution >= 0.6 is 15.9 Å². The Hall–Kier alpha value is -2.11. The van der Waals surface area contributed by atoms with E-state index in [0.717, 1.165) is 47.1 Å². The Bertz CT molecular complexity index is 882. The van der Waals surface area contributed by atoms with Gasteiger partial charge >= 0.3 is 0 Å². The number of nitrogens with zero attached hydrogens (tertiary/aromatic N) is 2. The van der Waals surface area contributed by atoms with Crippen LogP contribution in [-0.4, -0.2) is 48.4 Å². The van der Waals surface area contributed by atoms with Crippen LogP contribution in [0.1, 0.15) is 10.4 Å². The van der Waals surface area contributed by atoms with E-state index in [9.17, 15) is 4.79 Å². The molecule has 3 aromatic rings. The van der Waals surface area contributed by atoms with Gasteiger partial charge in [-0.05, 0) is 30.3 Å². The van der Waals surface area contributed by atoms with Gasteiger partial charge in [0.1, 0.15) is 0 Å². The fourth-order valence-electron chi connectivity index (χ4n) is 3.41. The molecule has 5 heteroatoms. The number of hydrogen-bond acceptors (Lipinski definition) is 3. The maximum absolute atomic E-state index is 12.8. The number of anilines is 1. The van der Waals surface area contributed by atoms with E-state index in [1.807, 2.05) is 30.5 Å². The fourth-order valence-corrected chi connectivity index (χ4v) is 3.78. The van der Waals surface area contributed by atoms with Gasteiger partial charge in [0.05, 0.1) is 6.54 Å². The van der Waals surface area contributed by atoms with Crippen molar-refractivity contribution in [3.63, 3.8) is 0 Å². The van der Waals surface area contributed by atoms with E-state index in [-0.39, 0.29) is 5.78 Å². The molecular formula is C20H20BrN3O. The van der Waals surface area contributed by atoms with Crippen molar-refractivity contribution in [2.24, 2.45) is 0 Å². The topological polar surface area (TPSA) is 39.3 Å². The largest absolute Gasteiger partial charge is 0.369 e. The Morgan fingerprint density at radius 3 is 2.56 bits per heavy atom. The van der Waals surface area contributed by atoms with E-state index in [1.54, 1.807) is 0 Å². The van der Waals surface area contributed by atoms with Crippen LogP contribution < -0.4 is 4.90 Å². The van der Waals surface area contributed by atoms with Crippen molar-refractivity contribution >= 4 is 38.3 Å². The molecule has 1 N–H and O–H groups in total. The minimum absolute atomic E-state index is 0.178. The predicted molar refractivity (Wildman–Crippen MR) is 105 cm³/mol. The van der Waals surface area contributed by atoms with E-state index in [1.165, 1.54) is 5.69 Å². The molecule has 2 aromatic carbocycles. The Kier molecular flexibility index (Phi) is 4.59. The van der Waals surface area contributed by atoms with Crippen molar-refractivity contribution in [2.75, 3.05) is 37.6 Å². The zero-order valence-electron chi connectivity index (χ0n) is 13.9. The lowest BCUT2D eigenvalue weighted by atomic mass is 10.1. The molecule has 0 aliphatic carbocycles. The quantitative estimate of drug-likeness (QED) is 0.677. The number of fused-ring (bicyclic) bond motifs is 1. The average molecular weight is 398 g/mol. The van der Waals surface area contributed by atoms with Crippen molar-refractivity contribution in [3.05, 3.63) is 64.8 Å². The minimum Gasteiger partial charge on any atom is -0.369 e. The molecule has 4 rings (SSSR count). The van der Waals surface area contributed by atoms with Crippen LogP contribution in [0.2, 0.25) is 0 Å². The SMILES string of the molecule is O=C(CN1CCN(c2ccccc2)CC1)c1c[nH]c2ccc(Br)cc12. The van der Waals surface area contributed by atoms with Gasteiger partial charge in [-0.15, -0.1) is 0 Å². The summed E-state index contributed by atoms with van der Waals surface area (Å²) in [5.74, 6) is 0.178. The first-order valence-electron chi connectivity index (χ1n) is 8.53. The highest BCUT2D eigenvalue weighted by Gasteiger charge is 2.21. The van der Waals surface area contributed by atoms with Crippen LogP contribution in [0.4, 0.5) is 5.69 Å². The maximum Gasteiger partial charge on any atom is 0.178 e. The van der Waals surface area contributed by atoms with Crippen molar-refractivity contribution in [2.45, 2.75) is 0 Å². The summed E-state index contributed by atoms with van der Waals surface area (Å²) < 4.78 is 0.991. The van der Waals surface area contributed by atoms with Gasteiger partial charge in [0.15, 0.2) is 5.78 Å². The molecule has 4 nitrogen and oxygen atoms in total. The summed E-state index contributed by atoms with van der Waals surface area (Å²) >= 11 is 3.49. The van der Waals surface area contributed by atoms with E-state index >= 15 is 0 Å². The molecule has 2 heterocycles. The highest BCUT2D eigenvalue weighted by Crippen LogP contribution is 2.23. The Labute approximate surface area is 155 Å². The van der Waals surface area contributed by atoms with Gasteiger partial charge in [-0.2, -0.15) is 0 Å². The third kappa shape index (κ3) is 3.48. The van der Waals surface area contributed by atoms with Gasteiger partial charge in [-0.1, -0.05) is 34.1 Å². The summed E-state index contributed by atoms with van der Waals surface area (Å²) in [6.07, 6.45) is 1.83. The van der Waals surface area contributed by atoms with Gasteiger partial charge < -0.3 is 9.88 Å². The average Bonchev–Trinajstić information content (AvgIpc) is 3.06. The monoisotopic (exact) mass is 397 g/mol. The van der Waals surface area contributed by atoms with Gasteiger partial charge in [-0.3, -0.25) is 9.69 Å². The minimum atomic E-state index is 0.178. The van der Waals surface area contributed by atoms with Gasteiger partial charge in [0, 0.05) is 59.0 Å². The third-order valence-electron chi connectivity index (χ3n) is 4.81. The molecule has 128 valence electrons. The Morgan fingerprint density at radius 1 is 1.04 bits per heavy atom. The van der Waals surface area contributed by atoms with Gasteiger partial charge in [0.25, 0.3) is 0 Å². The van der Waals surface area contributed by atoms with Crippen molar-refractivity contribution in [1.82, 2.24) is 9.88 Å². The number of para-hydroxylation sites is 1. The molecule has 1 aliphatic heterocycles. The molecule has 1 aliphatic rings. The lowest BCUT2D eigenvalue weighted by molar-refractivity contribution is 0.0928. The molecular weight excluding hydrogens is 378 g/mol. The van der Waals surface area contributed by atoms with Crippen LogP contribution in [0.15, 0.2) is 59.2 Å². The number of ketones is 1. The lowest BCUT2D eigenvalue weighted by Crippen LogP contribution is -2.48. The van der Waals surface area contributed by atoms with Crippen molar-refractivity contribution in [1.29, 1.82) is 0 Å². The van der Waals surface area contributed by atoms with E-state index < -0.39 is 0 Å². The normalized spacial score (nSPS) is 15.6. The molecule has 0 radical (unpaired) electrons. The number of hydrogen-bond donors (Lipinski definition) is 1. The van der Waals surface area contributed by atoms with Crippen LogP contribution in [-0.2, 0) is 0 Å². The molecule has 25 heavy (non-hydrogen) atoms. The molecule has 0 spiro atoms. The summed E-state index contributed by atoms with van der Waals surface area (Å²) in [5, 5.41) is 0.988.